The van der Waals surface area contributed by atoms with E-state index in [1.807, 2.05) is 36.6 Å². The van der Waals surface area contributed by atoms with Crippen molar-refractivity contribution < 1.29 is 23.4 Å². The number of carbonyl (C=O) groups excluding carboxylic acids is 1. The fraction of sp³-hybridized carbons (Fsp3) is 0.348. The molecule has 3 heterocycles. The second kappa shape index (κ2) is 9.97. The molecule has 0 bridgehead atoms. The van der Waals surface area contributed by atoms with Gasteiger partial charge in [0.05, 0.1) is 25.1 Å². The summed E-state index contributed by atoms with van der Waals surface area (Å²) in [6, 6.07) is 7.71. The average molecular weight is 456 g/mol. The summed E-state index contributed by atoms with van der Waals surface area (Å²) in [6.07, 6.45) is 4.22. The number of ether oxygens (including phenoxy) is 3. The number of aromatic nitrogens is 2. The van der Waals surface area contributed by atoms with E-state index in [0.717, 1.165) is 28.2 Å². The van der Waals surface area contributed by atoms with Gasteiger partial charge >= 0.3 is 0 Å². The summed E-state index contributed by atoms with van der Waals surface area (Å²) in [5.74, 6) is 2.14. The van der Waals surface area contributed by atoms with Crippen LogP contribution in [0.4, 0.5) is 0 Å². The number of hydrogen-bond acceptors (Lipinski definition) is 8. The lowest BCUT2D eigenvalue weighted by Crippen LogP contribution is -2.32. The Bertz CT molecular complexity index is 1090. The van der Waals surface area contributed by atoms with E-state index in [1.54, 1.807) is 25.2 Å². The second-order valence-corrected chi connectivity index (χ2v) is 8.35. The van der Waals surface area contributed by atoms with Crippen molar-refractivity contribution in [3.8, 4) is 22.3 Å². The second-order valence-electron chi connectivity index (χ2n) is 7.40. The van der Waals surface area contributed by atoms with E-state index in [2.05, 4.69) is 10.2 Å². The SMILES string of the molecule is COCCN(Cc1nnc(-c2cccs2)o1)C(=O)C=Cc1cc2c(cc1OC)CC(C)O2. The highest BCUT2D eigenvalue weighted by Gasteiger charge is 2.21. The molecule has 0 radical (unpaired) electrons. The monoisotopic (exact) mass is 455 g/mol. The van der Waals surface area contributed by atoms with Gasteiger partial charge < -0.3 is 23.5 Å². The van der Waals surface area contributed by atoms with Gasteiger partial charge in [0, 0.05) is 37.3 Å². The van der Waals surface area contributed by atoms with Gasteiger partial charge in [-0.05, 0) is 36.6 Å². The Balaban J connectivity index is 1.50. The molecule has 8 nitrogen and oxygen atoms in total. The van der Waals surface area contributed by atoms with Crippen LogP contribution >= 0.6 is 11.3 Å². The minimum atomic E-state index is -0.199. The third kappa shape index (κ3) is 5.00. The Morgan fingerprint density at radius 1 is 1.34 bits per heavy atom. The van der Waals surface area contributed by atoms with Crippen LogP contribution < -0.4 is 9.47 Å². The van der Waals surface area contributed by atoms with Gasteiger partial charge in [0.15, 0.2) is 0 Å². The molecule has 1 atom stereocenters. The first kappa shape index (κ1) is 22.0. The molecule has 1 amide bonds. The van der Waals surface area contributed by atoms with Crippen molar-refractivity contribution in [3.63, 3.8) is 0 Å². The molecule has 0 spiro atoms. The van der Waals surface area contributed by atoms with Crippen LogP contribution in [0.25, 0.3) is 16.8 Å². The summed E-state index contributed by atoms with van der Waals surface area (Å²) in [7, 11) is 3.21. The van der Waals surface area contributed by atoms with Gasteiger partial charge in [-0.15, -0.1) is 21.5 Å². The number of methoxy groups -OCH3 is 2. The summed E-state index contributed by atoms with van der Waals surface area (Å²) in [4.78, 5) is 15.5. The largest absolute Gasteiger partial charge is 0.496 e. The fourth-order valence-electron chi connectivity index (χ4n) is 3.48. The Hall–Kier alpha value is -3.17. The lowest BCUT2D eigenvalue weighted by atomic mass is 10.1. The van der Waals surface area contributed by atoms with E-state index in [-0.39, 0.29) is 18.6 Å². The van der Waals surface area contributed by atoms with Gasteiger partial charge in [0.2, 0.25) is 11.8 Å². The summed E-state index contributed by atoms with van der Waals surface area (Å²) < 4.78 is 22.3. The van der Waals surface area contributed by atoms with Crippen molar-refractivity contribution in [1.82, 2.24) is 15.1 Å². The van der Waals surface area contributed by atoms with Gasteiger partial charge in [-0.2, -0.15) is 0 Å². The molecule has 2 aromatic heterocycles. The van der Waals surface area contributed by atoms with Gasteiger partial charge in [-0.25, -0.2) is 0 Å². The molecule has 1 aromatic carbocycles. The van der Waals surface area contributed by atoms with Crippen molar-refractivity contribution in [3.05, 3.63) is 52.7 Å². The Morgan fingerprint density at radius 3 is 2.97 bits per heavy atom. The fourth-order valence-corrected chi connectivity index (χ4v) is 4.12. The van der Waals surface area contributed by atoms with Crippen LogP contribution in [0.1, 0.15) is 23.9 Å². The molecule has 1 aliphatic heterocycles. The summed E-state index contributed by atoms with van der Waals surface area (Å²) in [5, 5.41) is 10.1. The van der Waals surface area contributed by atoms with Crippen molar-refractivity contribution in [2.75, 3.05) is 27.4 Å². The van der Waals surface area contributed by atoms with Crippen LogP contribution in [-0.4, -0.2) is 54.5 Å². The normalized spacial score (nSPS) is 15.0. The first-order valence-corrected chi connectivity index (χ1v) is 11.1. The molecule has 0 saturated carbocycles. The van der Waals surface area contributed by atoms with Crippen molar-refractivity contribution in [2.24, 2.45) is 0 Å². The zero-order valence-electron chi connectivity index (χ0n) is 18.2. The lowest BCUT2D eigenvalue weighted by Gasteiger charge is -2.18. The van der Waals surface area contributed by atoms with E-state index < -0.39 is 0 Å². The molecule has 1 unspecified atom stereocenters. The number of benzene rings is 1. The highest BCUT2D eigenvalue weighted by Crippen LogP contribution is 2.35. The predicted molar refractivity (Wildman–Crippen MR) is 121 cm³/mol. The van der Waals surface area contributed by atoms with Gasteiger partial charge in [0.25, 0.3) is 5.89 Å². The summed E-state index contributed by atoms with van der Waals surface area (Å²) >= 11 is 1.52. The van der Waals surface area contributed by atoms with E-state index in [9.17, 15) is 4.79 Å². The zero-order chi connectivity index (χ0) is 22.5. The van der Waals surface area contributed by atoms with Gasteiger partial charge in [0.1, 0.15) is 17.6 Å². The molecule has 168 valence electrons. The third-order valence-corrected chi connectivity index (χ3v) is 5.91. The average Bonchev–Trinajstić information content (AvgIpc) is 3.54. The van der Waals surface area contributed by atoms with Crippen LogP contribution in [0.15, 0.2) is 40.1 Å². The Morgan fingerprint density at radius 2 is 2.22 bits per heavy atom. The quantitative estimate of drug-likeness (QED) is 0.453. The molecule has 32 heavy (non-hydrogen) atoms. The van der Waals surface area contributed by atoms with E-state index in [4.69, 9.17) is 18.6 Å². The smallest absolute Gasteiger partial charge is 0.257 e. The van der Waals surface area contributed by atoms with Crippen LogP contribution in [0, 0.1) is 0 Å². The highest BCUT2D eigenvalue weighted by atomic mass is 32.1. The van der Waals surface area contributed by atoms with Crippen molar-refractivity contribution in [2.45, 2.75) is 26.0 Å². The van der Waals surface area contributed by atoms with Crippen LogP contribution in [0.3, 0.4) is 0 Å². The lowest BCUT2D eigenvalue weighted by molar-refractivity contribution is -0.127. The minimum absolute atomic E-state index is 0.133. The zero-order valence-corrected chi connectivity index (χ0v) is 19.1. The van der Waals surface area contributed by atoms with Gasteiger partial charge in [-0.3, -0.25) is 4.79 Å². The molecule has 4 rings (SSSR count). The molecule has 0 saturated heterocycles. The highest BCUT2D eigenvalue weighted by molar-refractivity contribution is 7.13. The molecule has 0 fully saturated rings. The third-order valence-electron chi connectivity index (χ3n) is 5.06. The van der Waals surface area contributed by atoms with E-state index in [0.29, 0.717) is 30.7 Å². The molecule has 0 aliphatic carbocycles. The topological polar surface area (TPSA) is 86.9 Å². The van der Waals surface area contributed by atoms with Crippen LogP contribution in [0.5, 0.6) is 11.5 Å². The standard InChI is InChI=1S/C23H25N3O5S/c1-15-11-17-13-18(29-3)16(12-19(17)30-15)6-7-22(27)26(8-9-28-2)14-21-24-25-23(31-21)20-5-4-10-32-20/h4-7,10,12-13,15H,8-9,11,14H2,1-3H3. The van der Waals surface area contributed by atoms with Gasteiger partial charge in [-0.1, -0.05) is 6.07 Å². The first-order valence-electron chi connectivity index (χ1n) is 10.3. The summed E-state index contributed by atoms with van der Waals surface area (Å²) in [6.45, 7) is 2.99. The predicted octanol–water partition coefficient (Wildman–Crippen LogP) is 3.82. The number of carbonyl (C=O) groups is 1. The molecular formula is C23H25N3O5S. The maximum absolute atomic E-state index is 13.0. The number of hydrogen-bond donors (Lipinski definition) is 0. The number of fused-ring (bicyclic) bond motifs is 1. The van der Waals surface area contributed by atoms with Crippen molar-refractivity contribution >= 4 is 23.3 Å². The molecule has 1 aliphatic rings. The van der Waals surface area contributed by atoms with Crippen LogP contribution in [-0.2, 0) is 22.5 Å². The number of nitrogens with zero attached hydrogens (tertiary/aromatic N) is 3. The molecular weight excluding hydrogens is 430 g/mol. The maximum Gasteiger partial charge on any atom is 0.257 e. The number of rotatable bonds is 9. The summed E-state index contributed by atoms with van der Waals surface area (Å²) in [5.41, 5.74) is 1.88. The molecule has 9 heteroatoms. The molecule has 3 aromatic rings. The molecule has 0 N–H and O–H groups in total. The first-order chi connectivity index (χ1) is 15.6. The number of amides is 1. The van der Waals surface area contributed by atoms with Crippen molar-refractivity contribution in [1.29, 1.82) is 0 Å². The van der Waals surface area contributed by atoms with Crippen LogP contribution in [0.2, 0.25) is 0 Å². The van der Waals surface area contributed by atoms with E-state index in [1.165, 1.54) is 17.4 Å². The maximum atomic E-state index is 13.0. The van der Waals surface area contributed by atoms with E-state index >= 15 is 0 Å². The number of thiophene rings is 1. The Kier molecular flexibility index (Phi) is 6.87. The minimum Gasteiger partial charge on any atom is -0.496 e. The Labute approximate surface area is 190 Å².